The van der Waals surface area contributed by atoms with E-state index in [4.69, 9.17) is 9.47 Å². The van der Waals surface area contributed by atoms with Gasteiger partial charge in [-0.1, -0.05) is 13.8 Å². The minimum absolute atomic E-state index is 0.0548. The summed E-state index contributed by atoms with van der Waals surface area (Å²) in [7, 11) is 1.53. The van der Waals surface area contributed by atoms with E-state index >= 15 is 0 Å². The van der Waals surface area contributed by atoms with Gasteiger partial charge in [-0.25, -0.2) is 0 Å². The van der Waals surface area contributed by atoms with Crippen LogP contribution in [0.3, 0.4) is 0 Å². The topological polar surface area (TPSA) is 52.6 Å². The van der Waals surface area contributed by atoms with Crippen molar-refractivity contribution in [3.05, 3.63) is 0 Å². The van der Waals surface area contributed by atoms with Crippen LogP contribution < -0.4 is 0 Å². The largest absolute Gasteiger partial charge is 0.359 e. The molecule has 0 aliphatic heterocycles. The summed E-state index contributed by atoms with van der Waals surface area (Å²) in [4.78, 5) is 23.6. The molecule has 2 rings (SSSR count). The molecular weight excluding hydrogens is 208 g/mol. The first kappa shape index (κ1) is 11.7. The Morgan fingerprint density at radius 1 is 1.50 bits per heavy atom. The molecule has 2 aliphatic carbocycles. The van der Waals surface area contributed by atoms with E-state index in [1.807, 2.05) is 13.8 Å². The van der Waals surface area contributed by atoms with E-state index in [2.05, 4.69) is 0 Å². The Morgan fingerprint density at radius 2 is 2.19 bits per heavy atom. The molecule has 3 atom stereocenters. The first-order chi connectivity index (χ1) is 7.51. The first-order valence-electron chi connectivity index (χ1n) is 5.62. The molecule has 0 spiro atoms. The number of ketones is 1. The average molecular weight is 226 g/mol. The maximum Gasteiger partial charge on any atom is 0.175 e. The van der Waals surface area contributed by atoms with E-state index in [-0.39, 0.29) is 23.9 Å². The summed E-state index contributed by atoms with van der Waals surface area (Å²) in [5.41, 5.74) is -1.11. The zero-order valence-electron chi connectivity index (χ0n) is 9.99. The molecule has 2 aliphatic rings. The predicted molar refractivity (Wildman–Crippen MR) is 56.8 cm³/mol. The molecule has 0 aromatic rings. The average Bonchev–Trinajstić information content (AvgIpc) is 2.59. The Labute approximate surface area is 95.3 Å². The number of rotatable bonds is 4. The van der Waals surface area contributed by atoms with Crippen LogP contribution in [0.2, 0.25) is 0 Å². The summed E-state index contributed by atoms with van der Waals surface area (Å²) in [5.74, 6) is 0.0844. The van der Waals surface area contributed by atoms with E-state index in [1.165, 1.54) is 7.11 Å². The van der Waals surface area contributed by atoms with Crippen molar-refractivity contribution in [2.45, 2.75) is 32.8 Å². The Bertz CT molecular complexity index is 323. The first-order valence-corrected chi connectivity index (χ1v) is 5.62. The van der Waals surface area contributed by atoms with Crippen LogP contribution >= 0.6 is 0 Å². The van der Waals surface area contributed by atoms with E-state index in [0.29, 0.717) is 6.42 Å². The molecular formula is C12H18O4. The lowest BCUT2D eigenvalue weighted by Gasteiger charge is -2.30. The second-order valence-corrected chi connectivity index (χ2v) is 5.31. The van der Waals surface area contributed by atoms with Crippen LogP contribution in [-0.4, -0.2) is 32.1 Å². The summed E-state index contributed by atoms with van der Waals surface area (Å²) in [6, 6.07) is 0. The zero-order valence-corrected chi connectivity index (χ0v) is 9.99. The van der Waals surface area contributed by atoms with Crippen molar-refractivity contribution in [3.8, 4) is 0 Å². The molecule has 0 aromatic carbocycles. The maximum absolute atomic E-state index is 12.2. The van der Waals surface area contributed by atoms with Gasteiger partial charge in [0.1, 0.15) is 19.2 Å². The van der Waals surface area contributed by atoms with Crippen molar-refractivity contribution in [2.75, 3.05) is 13.9 Å². The monoisotopic (exact) mass is 226 g/mol. The number of methoxy groups -OCH3 is 1. The minimum atomic E-state index is -0.823. The number of hydrogen-bond acceptors (Lipinski definition) is 4. The molecule has 2 fully saturated rings. The smallest absolute Gasteiger partial charge is 0.175 e. The Balaban J connectivity index is 2.30. The van der Waals surface area contributed by atoms with Gasteiger partial charge >= 0.3 is 0 Å². The van der Waals surface area contributed by atoms with Gasteiger partial charge in [-0.2, -0.15) is 0 Å². The van der Waals surface area contributed by atoms with Gasteiger partial charge in [0.05, 0.1) is 5.41 Å². The fraction of sp³-hybridized carbons (Fsp3) is 0.833. The van der Waals surface area contributed by atoms with Gasteiger partial charge in [0.2, 0.25) is 0 Å². The fourth-order valence-corrected chi connectivity index (χ4v) is 3.41. The molecule has 4 nitrogen and oxygen atoms in total. The Kier molecular flexibility index (Phi) is 2.67. The Hall–Kier alpha value is -0.740. The van der Waals surface area contributed by atoms with Crippen molar-refractivity contribution in [2.24, 2.45) is 16.7 Å². The summed E-state index contributed by atoms with van der Waals surface area (Å²) < 4.78 is 10.3. The van der Waals surface area contributed by atoms with E-state index < -0.39 is 11.5 Å². The quantitative estimate of drug-likeness (QED) is 0.410. The number of ether oxygens (including phenoxy) is 2. The van der Waals surface area contributed by atoms with Crippen molar-refractivity contribution in [1.82, 2.24) is 0 Å². The third-order valence-corrected chi connectivity index (χ3v) is 4.56. The highest BCUT2D eigenvalue weighted by Crippen LogP contribution is 2.63. The van der Waals surface area contributed by atoms with Crippen LogP contribution in [0.5, 0.6) is 0 Å². The van der Waals surface area contributed by atoms with Gasteiger partial charge in [0.15, 0.2) is 5.78 Å². The molecule has 0 radical (unpaired) electrons. The maximum atomic E-state index is 12.2. The molecule has 0 heterocycles. The number of Topliss-reactive ketones (excluding diaryl/α,β-unsaturated/α-hetero) is 1. The fourth-order valence-electron chi connectivity index (χ4n) is 3.41. The molecule has 16 heavy (non-hydrogen) atoms. The van der Waals surface area contributed by atoms with Crippen LogP contribution in [0.25, 0.3) is 0 Å². The van der Waals surface area contributed by atoms with E-state index in [9.17, 15) is 9.59 Å². The molecule has 0 amide bonds. The van der Waals surface area contributed by atoms with Crippen LogP contribution in [0.4, 0.5) is 0 Å². The lowest BCUT2D eigenvalue weighted by atomic mass is 9.70. The highest BCUT2D eigenvalue weighted by Gasteiger charge is 2.69. The van der Waals surface area contributed by atoms with Gasteiger partial charge in [-0.15, -0.1) is 0 Å². The number of hydrogen-bond donors (Lipinski definition) is 0. The lowest BCUT2D eigenvalue weighted by molar-refractivity contribution is -0.150. The number of fused-ring (bicyclic) bond motifs is 2. The molecule has 90 valence electrons. The molecule has 4 heteroatoms. The molecule has 0 aromatic heterocycles. The van der Waals surface area contributed by atoms with E-state index in [1.54, 1.807) is 0 Å². The van der Waals surface area contributed by atoms with Crippen molar-refractivity contribution < 1.29 is 19.1 Å². The SMILES string of the molecule is COCOC1C(=O)C2(C=O)CCC1C2(C)C. The van der Waals surface area contributed by atoms with Crippen molar-refractivity contribution in [1.29, 1.82) is 0 Å². The predicted octanol–water partition coefficient (Wildman–Crippen LogP) is 1.18. The second-order valence-electron chi connectivity index (χ2n) is 5.31. The third kappa shape index (κ3) is 1.17. The molecule has 3 unspecified atom stereocenters. The van der Waals surface area contributed by atoms with Crippen LogP contribution in [0.15, 0.2) is 0 Å². The van der Waals surface area contributed by atoms with Gasteiger partial charge in [0.25, 0.3) is 0 Å². The highest BCUT2D eigenvalue weighted by molar-refractivity contribution is 6.05. The highest BCUT2D eigenvalue weighted by atomic mass is 16.7. The van der Waals surface area contributed by atoms with Crippen molar-refractivity contribution in [3.63, 3.8) is 0 Å². The lowest BCUT2D eigenvalue weighted by Crippen LogP contribution is -2.40. The summed E-state index contributed by atoms with van der Waals surface area (Å²) in [6.45, 7) is 4.10. The number of carbonyl (C=O) groups is 2. The van der Waals surface area contributed by atoms with Crippen LogP contribution in [0, 0.1) is 16.7 Å². The van der Waals surface area contributed by atoms with E-state index in [0.717, 1.165) is 12.7 Å². The second kappa shape index (κ2) is 3.64. The molecule has 0 N–H and O–H groups in total. The summed E-state index contributed by atoms with van der Waals surface area (Å²) in [5, 5.41) is 0. The van der Waals surface area contributed by atoms with Gasteiger partial charge in [0, 0.05) is 7.11 Å². The Morgan fingerprint density at radius 3 is 2.69 bits per heavy atom. The minimum Gasteiger partial charge on any atom is -0.359 e. The van der Waals surface area contributed by atoms with Crippen molar-refractivity contribution >= 4 is 12.1 Å². The molecule has 2 bridgehead atoms. The molecule has 2 saturated carbocycles. The van der Waals surface area contributed by atoms with Crippen LogP contribution in [-0.2, 0) is 19.1 Å². The standard InChI is InChI=1S/C12H18O4/c1-11(2)8-4-5-12(11,6-13)10(14)9(8)16-7-15-3/h6,8-9H,4-5,7H2,1-3H3. The van der Waals surface area contributed by atoms with Crippen LogP contribution in [0.1, 0.15) is 26.7 Å². The van der Waals surface area contributed by atoms with Gasteiger partial charge in [-0.3, -0.25) is 4.79 Å². The summed E-state index contributed by atoms with van der Waals surface area (Å²) in [6.07, 6.45) is 1.92. The summed E-state index contributed by atoms with van der Waals surface area (Å²) >= 11 is 0. The molecule has 0 saturated heterocycles. The van der Waals surface area contributed by atoms with Gasteiger partial charge < -0.3 is 14.3 Å². The normalized spacial score (nSPS) is 40.3. The van der Waals surface area contributed by atoms with Gasteiger partial charge in [-0.05, 0) is 24.2 Å². The zero-order chi connectivity index (χ0) is 12.0. The number of carbonyl (C=O) groups excluding carboxylic acids is 2. The number of aldehydes is 1. The third-order valence-electron chi connectivity index (χ3n) is 4.56.